The Bertz CT molecular complexity index is 235. The van der Waals surface area contributed by atoms with Gasteiger partial charge in [-0.3, -0.25) is 4.79 Å². The average molecular weight is 246 g/mol. The predicted molar refractivity (Wildman–Crippen MR) is 49.3 cm³/mol. The highest BCUT2D eigenvalue weighted by atomic mass is 127. The van der Waals surface area contributed by atoms with E-state index in [1.54, 1.807) is 0 Å². The highest BCUT2D eigenvalue weighted by molar-refractivity contribution is 14.1. The van der Waals surface area contributed by atoms with Gasteiger partial charge in [-0.1, -0.05) is 0 Å². The highest BCUT2D eigenvalue weighted by Gasteiger charge is 1.92. The van der Waals surface area contributed by atoms with Crippen LogP contribution in [-0.2, 0) is 0 Å². The van der Waals surface area contributed by atoms with Crippen molar-refractivity contribution in [3.05, 3.63) is 32.9 Å². The molecule has 0 aliphatic heterocycles. The van der Waals surface area contributed by atoms with Gasteiger partial charge in [0.2, 0.25) is 0 Å². The summed E-state index contributed by atoms with van der Waals surface area (Å²) in [5, 5.41) is 0. The van der Waals surface area contributed by atoms with Crippen LogP contribution >= 0.6 is 22.6 Å². The van der Waals surface area contributed by atoms with Crippen molar-refractivity contribution in [3.8, 4) is 0 Å². The lowest BCUT2D eigenvalue weighted by Gasteiger charge is -1.94. The molecule has 0 saturated heterocycles. The van der Waals surface area contributed by atoms with Crippen LogP contribution in [0.15, 0.2) is 18.2 Å². The second-order valence-corrected chi connectivity index (χ2v) is 3.43. The number of halogens is 1. The van der Waals surface area contributed by atoms with Gasteiger partial charge in [-0.05, 0) is 53.3 Å². The fourth-order valence-electron chi connectivity index (χ4n) is 0.833. The first-order chi connectivity index (χ1) is 4.72. The summed E-state index contributed by atoms with van der Waals surface area (Å²) in [6.07, 6.45) is 0.870. The highest BCUT2D eigenvalue weighted by Crippen LogP contribution is 2.09. The lowest BCUT2D eigenvalue weighted by atomic mass is 10.2. The van der Waals surface area contributed by atoms with Crippen molar-refractivity contribution in [3.63, 3.8) is 0 Å². The van der Waals surface area contributed by atoms with Crippen molar-refractivity contribution in [2.45, 2.75) is 6.92 Å². The van der Waals surface area contributed by atoms with E-state index < -0.39 is 0 Å². The van der Waals surface area contributed by atoms with Gasteiger partial charge >= 0.3 is 0 Å². The third kappa shape index (κ3) is 1.80. The summed E-state index contributed by atoms with van der Waals surface area (Å²) in [5.41, 5.74) is 1.89. The van der Waals surface area contributed by atoms with Gasteiger partial charge < -0.3 is 0 Å². The van der Waals surface area contributed by atoms with Crippen molar-refractivity contribution in [1.29, 1.82) is 0 Å². The molecule has 52 valence electrons. The number of carbonyl (C=O) groups excluding carboxylic acids is 1. The fraction of sp³-hybridized carbons (Fsp3) is 0.125. The third-order valence-electron chi connectivity index (χ3n) is 1.20. The first kappa shape index (κ1) is 7.72. The molecule has 0 bridgehead atoms. The van der Waals surface area contributed by atoms with Crippen molar-refractivity contribution in [2.24, 2.45) is 0 Å². The molecular formula is C8H7IO. The van der Waals surface area contributed by atoms with E-state index in [2.05, 4.69) is 22.6 Å². The maximum Gasteiger partial charge on any atom is 0.150 e. The van der Waals surface area contributed by atoms with Crippen LogP contribution in [0, 0.1) is 10.5 Å². The predicted octanol–water partition coefficient (Wildman–Crippen LogP) is 2.41. The molecule has 0 unspecified atom stereocenters. The molecule has 0 fully saturated rings. The Hall–Kier alpha value is -0.380. The molecule has 2 heteroatoms. The SMILES string of the molecule is Cc1cc(I)cc(C=O)c1. The van der Waals surface area contributed by atoms with Crippen LogP contribution in [0.2, 0.25) is 0 Å². The molecule has 0 spiro atoms. The van der Waals surface area contributed by atoms with Crippen LogP contribution in [0.5, 0.6) is 0 Å². The molecule has 0 aromatic heterocycles. The second kappa shape index (κ2) is 3.14. The quantitative estimate of drug-likeness (QED) is 0.549. The van der Waals surface area contributed by atoms with E-state index in [9.17, 15) is 4.79 Å². The van der Waals surface area contributed by atoms with Crippen molar-refractivity contribution >= 4 is 28.9 Å². The van der Waals surface area contributed by atoms with Crippen molar-refractivity contribution in [2.75, 3.05) is 0 Å². The van der Waals surface area contributed by atoms with Gasteiger partial charge in [-0.25, -0.2) is 0 Å². The van der Waals surface area contributed by atoms with Crippen LogP contribution in [0.3, 0.4) is 0 Å². The minimum Gasteiger partial charge on any atom is -0.298 e. The Labute approximate surface area is 73.6 Å². The summed E-state index contributed by atoms with van der Waals surface area (Å²) in [6, 6.07) is 5.77. The summed E-state index contributed by atoms with van der Waals surface area (Å²) in [6.45, 7) is 1.98. The van der Waals surface area contributed by atoms with Gasteiger partial charge in [0, 0.05) is 9.13 Å². The molecule has 0 aliphatic carbocycles. The van der Waals surface area contributed by atoms with Gasteiger partial charge in [0.05, 0.1) is 0 Å². The van der Waals surface area contributed by atoms with Crippen LogP contribution < -0.4 is 0 Å². The molecule has 0 saturated carbocycles. The van der Waals surface area contributed by atoms with E-state index in [4.69, 9.17) is 0 Å². The smallest absolute Gasteiger partial charge is 0.150 e. The maximum atomic E-state index is 10.3. The zero-order chi connectivity index (χ0) is 7.56. The van der Waals surface area contributed by atoms with Crippen LogP contribution in [0.25, 0.3) is 0 Å². The lowest BCUT2D eigenvalue weighted by Crippen LogP contribution is -1.82. The summed E-state index contributed by atoms with van der Waals surface area (Å²) in [7, 11) is 0. The normalized spacial score (nSPS) is 9.40. The summed E-state index contributed by atoms with van der Waals surface area (Å²) in [4.78, 5) is 10.3. The Morgan fingerprint density at radius 3 is 2.60 bits per heavy atom. The number of benzene rings is 1. The van der Waals surface area contributed by atoms with Gasteiger partial charge in [0.1, 0.15) is 6.29 Å². The zero-order valence-electron chi connectivity index (χ0n) is 5.60. The molecule has 1 rings (SSSR count). The molecule has 0 amide bonds. The maximum absolute atomic E-state index is 10.3. The van der Waals surface area contributed by atoms with E-state index >= 15 is 0 Å². The van der Waals surface area contributed by atoms with Crippen LogP contribution in [0.4, 0.5) is 0 Å². The zero-order valence-corrected chi connectivity index (χ0v) is 7.75. The monoisotopic (exact) mass is 246 g/mol. The minimum atomic E-state index is 0.754. The number of carbonyl (C=O) groups is 1. The Morgan fingerprint density at radius 2 is 2.10 bits per heavy atom. The topological polar surface area (TPSA) is 17.1 Å². The van der Waals surface area contributed by atoms with Crippen LogP contribution in [0.1, 0.15) is 15.9 Å². The number of rotatable bonds is 1. The average Bonchev–Trinajstić information content (AvgIpc) is 1.85. The van der Waals surface area contributed by atoms with E-state index in [1.807, 2.05) is 25.1 Å². The summed E-state index contributed by atoms with van der Waals surface area (Å²) in [5.74, 6) is 0. The first-order valence-corrected chi connectivity index (χ1v) is 4.02. The molecule has 0 radical (unpaired) electrons. The van der Waals surface area contributed by atoms with Gasteiger partial charge in [0.25, 0.3) is 0 Å². The fourth-order valence-corrected chi connectivity index (χ4v) is 1.68. The van der Waals surface area contributed by atoms with E-state index in [0.717, 1.165) is 21.0 Å². The van der Waals surface area contributed by atoms with Crippen molar-refractivity contribution < 1.29 is 4.79 Å². The van der Waals surface area contributed by atoms with Gasteiger partial charge in [-0.15, -0.1) is 0 Å². The number of hydrogen-bond donors (Lipinski definition) is 0. The second-order valence-electron chi connectivity index (χ2n) is 2.18. The molecular weight excluding hydrogens is 239 g/mol. The number of hydrogen-bond acceptors (Lipinski definition) is 1. The Balaban J connectivity index is 3.18. The molecule has 10 heavy (non-hydrogen) atoms. The number of aldehydes is 1. The molecule has 0 N–H and O–H groups in total. The van der Waals surface area contributed by atoms with Gasteiger partial charge in [0.15, 0.2) is 0 Å². The molecule has 0 atom stereocenters. The van der Waals surface area contributed by atoms with E-state index in [-0.39, 0.29) is 0 Å². The minimum absolute atomic E-state index is 0.754. The molecule has 0 aliphatic rings. The number of aryl methyl sites for hydroxylation is 1. The Kier molecular flexibility index (Phi) is 2.43. The molecule has 1 nitrogen and oxygen atoms in total. The summed E-state index contributed by atoms with van der Waals surface area (Å²) < 4.78 is 1.11. The lowest BCUT2D eigenvalue weighted by molar-refractivity contribution is 0.112. The standard InChI is InChI=1S/C8H7IO/c1-6-2-7(5-10)4-8(9)3-6/h2-5H,1H3. The first-order valence-electron chi connectivity index (χ1n) is 2.95. The van der Waals surface area contributed by atoms with Gasteiger partial charge in [-0.2, -0.15) is 0 Å². The molecule has 0 heterocycles. The largest absolute Gasteiger partial charge is 0.298 e. The van der Waals surface area contributed by atoms with E-state index in [1.165, 1.54) is 0 Å². The molecule has 1 aromatic rings. The third-order valence-corrected chi connectivity index (χ3v) is 1.82. The van der Waals surface area contributed by atoms with E-state index in [0.29, 0.717) is 0 Å². The van der Waals surface area contributed by atoms with Crippen molar-refractivity contribution in [1.82, 2.24) is 0 Å². The summed E-state index contributed by atoms with van der Waals surface area (Å²) >= 11 is 2.20. The molecule has 1 aromatic carbocycles. The Morgan fingerprint density at radius 1 is 1.40 bits per heavy atom. The van der Waals surface area contributed by atoms with Crippen LogP contribution in [-0.4, -0.2) is 6.29 Å².